The van der Waals surface area contributed by atoms with Crippen molar-refractivity contribution < 1.29 is 0 Å². The topological polar surface area (TPSA) is 27.3 Å². The lowest BCUT2D eigenvalue weighted by molar-refractivity contribution is 0.199. The van der Waals surface area contributed by atoms with E-state index in [1.54, 1.807) is 0 Å². The molecule has 0 spiro atoms. The first-order valence-corrected chi connectivity index (χ1v) is 9.90. The fraction of sp³-hybridized carbons (Fsp3) is 0.381. The monoisotopic (exact) mass is 387 g/mol. The Bertz CT molecular complexity index is 752. The van der Waals surface area contributed by atoms with Crippen LogP contribution in [0.4, 0.5) is 5.69 Å². The standard InChI is InChI=1S/C21H26ClN3S/c1-15-3-4-16(2)20(13-15)24-21(26)23-19-9-11-25(12-10-19)14-17-5-7-18(22)8-6-17/h3-8,13,19H,9-12,14H2,1-2H3,(H2,23,24,26). The summed E-state index contributed by atoms with van der Waals surface area (Å²) in [7, 11) is 0. The number of rotatable bonds is 4. The second-order valence-corrected chi connectivity index (χ2v) is 7.94. The van der Waals surface area contributed by atoms with Gasteiger partial charge in [-0.1, -0.05) is 35.9 Å². The molecule has 26 heavy (non-hydrogen) atoms. The van der Waals surface area contributed by atoms with Crippen molar-refractivity contribution in [3.63, 3.8) is 0 Å². The van der Waals surface area contributed by atoms with Gasteiger partial charge >= 0.3 is 0 Å². The number of anilines is 1. The molecule has 0 saturated carbocycles. The van der Waals surface area contributed by atoms with E-state index in [4.69, 9.17) is 23.8 Å². The second kappa shape index (κ2) is 8.85. The maximum Gasteiger partial charge on any atom is 0.171 e. The van der Waals surface area contributed by atoms with E-state index in [0.717, 1.165) is 48.3 Å². The minimum atomic E-state index is 0.432. The first-order valence-electron chi connectivity index (χ1n) is 9.11. The molecule has 3 nitrogen and oxygen atoms in total. The van der Waals surface area contributed by atoms with Crippen molar-refractivity contribution in [1.29, 1.82) is 0 Å². The third-order valence-electron chi connectivity index (χ3n) is 4.88. The van der Waals surface area contributed by atoms with Gasteiger partial charge in [0.2, 0.25) is 0 Å². The number of hydrogen-bond donors (Lipinski definition) is 2. The van der Waals surface area contributed by atoms with Crippen LogP contribution in [0.15, 0.2) is 42.5 Å². The van der Waals surface area contributed by atoms with Crippen molar-refractivity contribution in [3.8, 4) is 0 Å². The van der Waals surface area contributed by atoms with E-state index >= 15 is 0 Å². The fourth-order valence-corrected chi connectivity index (χ4v) is 3.70. The van der Waals surface area contributed by atoms with Crippen LogP contribution < -0.4 is 10.6 Å². The van der Waals surface area contributed by atoms with Gasteiger partial charge in [0, 0.05) is 36.4 Å². The van der Waals surface area contributed by atoms with Crippen LogP contribution in [0.25, 0.3) is 0 Å². The third-order valence-corrected chi connectivity index (χ3v) is 5.36. The normalized spacial score (nSPS) is 15.7. The van der Waals surface area contributed by atoms with Gasteiger partial charge in [-0.3, -0.25) is 4.90 Å². The van der Waals surface area contributed by atoms with Crippen molar-refractivity contribution in [2.45, 2.75) is 39.3 Å². The van der Waals surface area contributed by atoms with Crippen LogP contribution in [0.1, 0.15) is 29.5 Å². The predicted molar refractivity (Wildman–Crippen MR) is 115 cm³/mol. The predicted octanol–water partition coefficient (Wildman–Crippen LogP) is 4.91. The number of nitrogens with one attached hydrogen (secondary N) is 2. The van der Waals surface area contributed by atoms with Gasteiger partial charge in [-0.15, -0.1) is 0 Å². The van der Waals surface area contributed by atoms with Gasteiger partial charge in [0.05, 0.1) is 0 Å². The minimum Gasteiger partial charge on any atom is -0.360 e. The SMILES string of the molecule is Cc1ccc(C)c(NC(=S)NC2CCN(Cc3ccc(Cl)cc3)CC2)c1. The maximum atomic E-state index is 5.96. The Labute approximate surface area is 166 Å². The molecule has 5 heteroatoms. The second-order valence-electron chi connectivity index (χ2n) is 7.09. The molecule has 2 aromatic carbocycles. The summed E-state index contributed by atoms with van der Waals surface area (Å²) in [5.41, 5.74) is 4.84. The van der Waals surface area contributed by atoms with Crippen LogP contribution in [-0.2, 0) is 6.54 Å². The lowest BCUT2D eigenvalue weighted by Crippen LogP contribution is -2.45. The summed E-state index contributed by atoms with van der Waals surface area (Å²) >= 11 is 11.5. The van der Waals surface area contributed by atoms with E-state index in [2.05, 4.69) is 59.7 Å². The average molecular weight is 388 g/mol. The first-order chi connectivity index (χ1) is 12.5. The summed E-state index contributed by atoms with van der Waals surface area (Å²) in [5, 5.41) is 8.34. The highest BCUT2D eigenvalue weighted by Crippen LogP contribution is 2.18. The van der Waals surface area contributed by atoms with Crippen molar-refractivity contribution >= 4 is 34.6 Å². The zero-order valence-electron chi connectivity index (χ0n) is 15.4. The van der Waals surface area contributed by atoms with Crippen LogP contribution >= 0.6 is 23.8 Å². The molecule has 1 aliphatic heterocycles. The molecule has 0 bridgehead atoms. The van der Waals surface area contributed by atoms with Crippen molar-refractivity contribution in [2.24, 2.45) is 0 Å². The summed E-state index contributed by atoms with van der Waals surface area (Å²) in [6.45, 7) is 7.32. The van der Waals surface area contributed by atoms with Crippen LogP contribution in [-0.4, -0.2) is 29.1 Å². The highest BCUT2D eigenvalue weighted by atomic mass is 35.5. The van der Waals surface area contributed by atoms with Crippen LogP contribution in [0.5, 0.6) is 0 Å². The Morgan fingerprint density at radius 2 is 1.81 bits per heavy atom. The summed E-state index contributed by atoms with van der Waals surface area (Å²) in [4.78, 5) is 2.49. The number of nitrogens with zero attached hydrogens (tertiary/aromatic N) is 1. The Hall–Kier alpha value is -1.62. The molecule has 0 aliphatic carbocycles. The molecule has 2 aromatic rings. The van der Waals surface area contributed by atoms with Crippen molar-refractivity contribution in [1.82, 2.24) is 10.2 Å². The number of benzene rings is 2. The summed E-state index contributed by atoms with van der Waals surface area (Å²) in [6, 6.07) is 14.9. The summed E-state index contributed by atoms with van der Waals surface area (Å²) in [5.74, 6) is 0. The fourth-order valence-electron chi connectivity index (χ4n) is 3.30. The van der Waals surface area contributed by atoms with Crippen LogP contribution in [0.2, 0.25) is 5.02 Å². The molecule has 1 saturated heterocycles. The highest BCUT2D eigenvalue weighted by molar-refractivity contribution is 7.80. The zero-order chi connectivity index (χ0) is 18.5. The van der Waals surface area contributed by atoms with E-state index in [9.17, 15) is 0 Å². The molecule has 1 fully saturated rings. The average Bonchev–Trinajstić information content (AvgIpc) is 2.62. The Morgan fingerprint density at radius 3 is 2.50 bits per heavy atom. The molecule has 0 radical (unpaired) electrons. The molecule has 138 valence electrons. The number of thiocarbonyl (C=S) groups is 1. The Morgan fingerprint density at radius 1 is 1.12 bits per heavy atom. The molecule has 0 aromatic heterocycles. The van der Waals surface area contributed by atoms with E-state index < -0.39 is 0 Å². The highest BCUT2D eigenvalue weighted by Gasteiger charge is 2.20. The molecular weight excluding hydrogens is 362 g/mol. The quantitative estimate of drug-likeness (QED) is 0.729. The van der Waals surface area contributed by atoms with Gasteiger partial charge < -0.3 is 10.6 Å². The largest absolute Gasteiger partial charge is 0.360 e. The van der Waals surface area contributed by atoms with Gasteiger partial charge in [0.15, 0.2) is 5.11 Å². The number of aryl methyl sites for hydroxylation is 2. The first kappa shape index (κ1) is 19.2. The summed E-state index contributed by atoms with van der Waals surface area (Å²) < 4.78 is 0. The van der Waals surface area contributed by atoms with Gasteiger partial charge in [0.25, 0.3) is 0 Å². The van der Waals surface area contributed by atoms with Crippen molar-refractivity contribution in [3.05, 3.63) is 64.2 Å². The molecule has 1 heterocycles. The van der Waals surface area contributed by atoms with Crippen LogP contribution in [0.3, 0.4) is 0 Å². The lowest BCUT2D eigenvalue weighted by atomic mass is 10.0. The lowest BCUT2D eigenvalue weighted by Gasteiger charge is -2.33. The van der Waals surface area contributed by atoms with Gasteiger partial charge in [0.1, 0.15) is 0 Å². The molecule has 0 atom stereocenters. The third kappa shape index (κ3) is 5.44. The van der Waals surface area contributed by atoms with Gasteiger partial charge in [-0.25, -0.2) is 0 Å². The van der Waals surface area contributed by atoms with E-state index in [1.165, 1.54) is 16.7 Å². The molecule has 0 unspecified atom stereocenters. The molecule has 3 rings (SSSR count). The molecule has 0 amide bonds. The zero-order valence-corrected chi connectivity index (χ0v) is 17.0. The summed E-state index contributed by atoms with van der Waals surface area (Å²) in [6.07, 6.45) is 2.20. The maximum absolute atomic E-state index is 5.96. The van der Waals surface area contributed by atoms with E-state index in [1.807, 2.05) is 12.1 Å². The molecular formula is C21H26ClN3S. The van der Waals surface area contributed by atoms with Crippen molar-refractivity contribution in [2.75, 3.05) is 18.4 Å². The smallest absolute Gasteiger partial charge is 0.171 e. The Balaban J connectivity index is 1.45. The van der Waals surface area contributed by atoms with Gasteiger partial charge in [-0.2, -0.15) is 0 Å². The minimum absolute atomic E-state index is 0.432. The van der Waals surface area contributed by atoms with E-state index in [0.29, 0.717) is 6.04 Å². The number of piperidine rings is 1. The Kier molecular flexibility index (Phi) is 6.52. The van der Waals surface area contributed by atoms with Gasteiger partial charge in [-0.05, 0) is 73.8 Å². The molecule has 2 N–H and O–H groups in total. The molecule has 1 aliphatic rings. The van der Waals surface area contributed by atoms with E-state index in [-0.39, 0.29) is 0 Å². The number of halogens is 1. The number of hydrogen-bond acceptors (Lipinski definition) is 2. The number of likely N-dealkylation sites (tertiary alicyclic amines) is 1. The van der Waals surface area contributed by atoms with Crippen LogP contribution in [0, 0.1) is 13.8 Å².